The smallest absolute Gasteiger partial charge is 0.261 e. The van der Waals surface area contributed by atoms with Crippen molar-refractivity contribution in [2.75, 3.05) is 0 Å². The van der Waals surface area contributed by atoms with Crippen molar-refractivity contribution in [1.82, 2.24) is 0 Å². The third-order valence-electron chi connectivity index (χ3n) is 4.86. The highest BCUT2D eigenvalue weighted by atomic mass is 79.9. The monoisotopic (exact) mass is 469 g/mol. The number of alkyl halides is 3. The molecule has 0 saturated heterocycles. The van der Waals surface area contributed by atoms with Gasteiger partial charge in [0.05, 0.1) is 5.92 Å². The molecule has 9 heteroatoms. The van der Waals surface area contributed by atoms with Crippen LogP contribution in [0.4, 0.5) is 0 Å². The average Bonchev–Trinajstić information content (AvgIpc) is 2.52. The van der Waals surface area contributed by atoms with Gasteiger partial charge in [-0.05, 0) is 31.0 Å². The first kappa shape index (κ1) is 19.2. The summed E-state index contributed by atoms with van der Waals surface area (Å²) in [5, 5.41) is 11.9. The highest BCUT2D eigenvalue weighted by Crippen LogP contribution is 2.50. The number of hydrogen-bond acceptors (Lipinski definition) is 4. The van der Waals surface area contributed by atoms with Crippen LogP contribution >= 0.6 is 50.7 Å². The summed E-state index contributed by atoms with van der Waals surface area (Å²) in [4.78, 5) is 23.9. The minimum absolute atomic E-state index is 0.0268. The maximum Gasteiger partial charge on any atom is 0.261 e. The second-order valence-corrected chi connectivity index (χ2v) is 9.67. The van der Waals surface area contributed by atoms with E-state index in [4.69, 9.17) is 39.5 Å². The van der Waals surface area contributed by atoms with E-state index >= 15 is 0 Å². The highest BCUT2D eigenvalue weighted by Gasteiger charge is 2.58. The molecule has 1 aromatic rings. The lowest BCUT2D eigenvalue weighted by Crippen LogP contribution is -2.54. The quantitative estimate of drug-likeness (QED) is 0.343. The normalized spacial score (nSPS) is 29.7. The van der Waals surface area contributed by atoms with Crippen LogP contribution in [0.2, 0.25) is 0 Å². The molecule has 1 saturated carbocycles. The molecule has 1 aromatic carbocycles. The number of Topliss-reactive ketones (excluding diaryl/α,β-unsaturated/α-hetero) is 1. The Labute approximate surface area is 168 Å². The molecule has 0 N–H and O–H groups in total. The zero-order valence-corrected chi connectivity index (χ0v) is 16.8. The number of halogens is 4. The number of nitrogens with zero attached hydrogens (tertiary/aromatic N) is 1. The molecule has 2 aliphatic rings. The molecule has 1 fully saturated rings. The van der Waals surface area contributed by atoms with Gasteiger partial charge in [0.25, 0.3) is 6.04 Å². The van der Waals surface area contributed by atoms with Gasteiger partial charge in [-0.3, -0.25) is 14.9 Å². The van der Waals surface area contributed by atoms with E-state index in [2.05, 4.69) is 15.9 Å². The summed E-state index contributed by atoms with van der Waals surface area (Å²) in [6.45, 7) is 0. The Balaban J connectivity index is 2.16. The van der Waals surface area contributed by atoms with Crippen molar-refractivity contribution in [3.05, 3.63) is 38.3 Å². The van der Waals surface area contributed by atoms with Gasteiger partial charge in [0.15, 0.2) is 0 Å². The van der Waals surface area contributed by atoms with Gasteiger partial charge in [-0.2, -0.15) is 0 Å². The molecule has 3 rings (SSSR count). The SMILES string of the molecule is O=C1CCCC[C@H]1[C@@H]1c2cc(Br)ccc2O[C@@H](C(Cl)(Cl)Cl)[C@@H]1[N+](=O)[O-]. The maximum absolute atomic E-state index is 12.5. The first-order chi connectivity index (χ1) is 11.7. The average molecular weight is 472 g/mol. The largest absolute Gasteiger partial charge is 0.478 e. The van der Waals surface area contributed by atoms with Gasteiger partial charge in [0.2, 0.25) is 9.90 Å². The van der Waals surface area contributed by atoms with Crippen LogP contribution in [0.5, 0.6) is 5.75 Å². The minimum Gasteiger partial charge on any atom is -0.478 e. The number of carbonyl (C=O) groups excluding carboxylic acids is 1. The molecule has 136 valence electrons. The van der Waals surface area contributed by atoms with Gasteiger partial charge in [0, 0.05) is 27.3 Å². The van der Waals surface area contributed by atoms with E-state index in [1.54, 1.807) is 18.2 Å². The van der Waals surface area contributed by atoms with Crippen molar-refractivity contribution >= 4 is 56.5 Å². The number of rotatable bonds is 2. The predicted octanol–water partition coefficient (Wildman–Crippen LogP) is 5.07. The van der Waals surface area contributed by atoms with Crippen LogP contribution < -0.4 is 4.74 Å². The molecule has 25 heavy (non-hydrogen) atoms. The topological polar surface area (TPSA) is 69.4 Å². The Kier molecular flexibility index (Phi) is 5.55. The molecule has 4 atom stereocenters. The summed E-state index contributed by atoms with van der Waals surface area (Å²) in [5.74, 6) is -0.722. The van der Waals surface area contributed by atoms with Crippen molar-refractivity contribution in [3.8, 4) is 5.75 Å². The summed E-state index contributed by atoms with van der Waals surface area (Å²) in [5.41, 5.74) is 0.613. The summed E-state index contributed by atoms with van der Waals surface area (Å²) >= 11 is 21.4. The number of nitro groups is 1. The second-order valence-electron chi connectivity index (χ2n) is 6.38. The number of carbonyl (C=O) groups is 1. The van der Waals surface area contributed by atoms with E-state index in [9.17, 15) is 14.9 Å². The van der Waals surface area contributed by atoms with E-state index in [1.165, 1.54) is 0 Å². The summed E-state index contributed by atoms with van der Waals surface area (Å²) in [7, 11) is 0. The number of hydrogen-bond donors (Lipinski definition) is 0. The van der Waals surface area contributed by atoms with Crippen LogP contribution in [0.25, 0.3) is 0 Å². The van der Waals surface area contributed by atoms with E-state index in [-0.39, 0.29) is 5.78 Å². The Bertz CT molecular complexity index is 709. The summed E-state index contributed by atoms with van der Waals surface area (Å²) < 4.78 is 4.47. The molecule has 1 heterocycles. The second kappa shape index (κ2) is 7.22. The fraction of sp³-hybridized carbons (Fsp3) is 0.562. The molecule has 0 radical (unpaired) electrons. The molecule has 0 unspecified atom stereocenters. The summed E-state index contributed by atoms with van der Waals surface area (Å²) in [6.07, 6.45) is 1.39. The molecule has 0 aromatic heterocycles. The Morgan fingerprint density at radius 3 is 2.60 bits per heavy atom. The zero-order valence-electron chi connectivity index (χ0n) is 13.0. The van der Waals surface area contributed by atoms with Crippen LogP contribution in [-0.2, 0) is 4.79 Å². The number of ether oxygens (including phenoxy) is 1. The van der Waals surface area contributed by atoms with Gasteiger partial charge >= 0.3 is 0 Å². The summed E-state index contributed by atoms with van der Waals surface area (Å²) in [6, 6.07) is 3.87. The van der Waals surface area contributed by atoms with E-state index < -0.39 is 32.7 Å². The maximum atomic E-state index is 12.5. The van der Waals surface area contributed by atoms with Crippen LogP contribution in [0, 0.1) is 16.0 Å². The van der Waals surface area contributed by atoms with Gasteiger partial charge in [-0.25, -0.2) is 0 Å². The minimum atomic E-state index is -1.99. The van der Waals surface area contributed by atoms with Crippen molar-refractivity contribution in [2.24, 2.45) is 5.92 Å². The third-order valence-corrected chi connectivity index (χ3v) is 6.00. The number of ketones is 1. The molecule has 0 spiro atoms. The molecule has 5 nitrogen and oxygen atoms in total. The molecule has 1 aliphatic carbocycles. The van der Waals surface area contributed by atoms with Gasteiger partial charge in [0.1, 0.15) is 11.5 Å². The number of benzene rings is 1. The fourth-order valence-corrected chi connectivity index (χ4v) is 4.71. The van der Waals surface area contributed by atoms with Crippen LogP contribution in [0.15, 0.2) is 22.7 Å². The Morgan fingerprint density at radius 2 is 2.00 bits per heavy atom. The van der Waals surface area contributed by atoms with Gasteiger partial charge < -0.3 is 4.74 Å². The van der Waals surface area contributed by atoms with Crippen molar-refractivity contribution < 1.29 is 14.5 Å². The predicted molar refractivity (Wildman–Crippen MR) is 99.3 cm³/mol. The van der Waals surface area contributed by atoms with E-state index in [0.29, 0.717) is 24.2 Å². The lowest BCUT2D eigenvalue weighted by molar-refractivity contribution is -0.540. The van der Waals surface area contributed by atoms with Gasteiger partial charge in [-0.15, -0.1) is 0 Å². The fourth-order valence-electron chi connectivity index (χ4n) is 3.81. The van der Waals surface area contributed by atoms with Gasteiger partial charge in [-0.1, -0.05) is 57.2 Å². The van der Waals surface area contributed by atoms with Crippen LogP contribution in [0.3, 0.4) is 0 Å². The van der Waals surface area contributed by atoms with Crippen molar-refractivity contribution in [3.63, 3.8) is 0 Å². The molecule has 1 aliphatic heterocycles. The molecular weight excluding hydrogens is 456 g/mol. The Hall–Kier alpha value is -0.560. The van der Waals surface area contributed by atoms with E-state index in [1.807, 2.05) is 0 Å². The van der Waals surface area contributed by atoms with Crippen molar-refractivity contribution in [1.29, 1.82) is 0 Å². The Morgan fingerprint density at radius 1 is 1.28 bits per heavy atom. The first-order valence-electron chi connectivity index (χ1n) is 7.89. The van der Waals surface area contributed by atoms with E-state index in [0.717, 1.165) is 17.3 Å². The standard InChI is InChI=1S/C16H15BrCl3NO4/c17-8-5-6-12-10(7-8)13(9-3-1-2-4-11(9)22)14(21(23)24)15(25-12)16(18,19)20/h5-7,9,13-15H,1-4H2/t9-,13-,14-,15-/m1/s1. The molecule has 0 amide bonds. The molecule has 0 bridgehead atoms. The number of fused-ring (bicyclic) bond motifs is 1. The van der Waals surface area contributed by atoms with Crippen molar-refractivity contribution in [2.45, 2.75) is 47.5 Å². The van der Waals surface area contributed by atoms with Crippen LogP contribution in [0.1, 0.15) is 37.2 Å². The van der Waals surface area contributed by atoms with Crippen LogP contribution in [-0.4, -0.2) is 26.6 Å². The molecular formula is C16H15BrCl3NO4. The lowest BCUT2D eigenvalue weighted by atomic mass is 9.70. The first-order valence-corrected chi connectivity index (χ1v) is 9.82. The highest BCUT2D eigenvalue weighted by molar-refractivity contribution is 9.10. The third kappa shape index (κ3) is 3.77. The lowest BCUT2D eigenvalue weighted by Gasteiger charge is -2.40. The zero-order chi connectivity index (χ0) is 18.4.